The third-order valence-corrected chi connectivity index (χ3v) is 4.72. The highest BCUT2D eigenvalue weighted by molar-refractivity contribution is 6.02. The van der Waals surface area contributed by atoms with E-state index < -0.39 is 0 Å². The number of nitrogens with zero attached hydrogens (tertiary/aromatic N) is 2. The maximum Gasteiger partial charge on any atom is 0.190 e. The molecule has 4 rings (SSSR count). The van der Waals surface area contributed by atoms with E-state index in [1.165, 1.54) is 5.56 Å². The van der Waals surface area contributed by atoms with E-state index in [0.29, 0.717) is 5.92 Å². The Morgan fingerprint density at radius 1 is 1.12 bits per heavy atom. The van der Waals surface area contributed by atoms with Crippen LogP contribution >= 0.6 is 0 Å². The number of hydrogen-bond donors (Lipinski definition) is 0. The van der Waals surface area contributed by atoms with Crippen LogP contribution in [0.3, 0.4) is 0 Å². The molecule has 0 aliphatic carbocycles. The van der Waals surface area contributed by atoms with E-state index in [1.807, 2.05) is 18.2 Å². The second kappa shape index (κ2) is 5.86. The van der Waals surface area contributed by atoms with Crippen LogP contribution in [0.5, 0.6) is 11.5 Å². The summed E-state index contributed by atoms with van der Waals surface area (Å²) < 4.78 is 11.5. The van der Waals surface area contributed by atoms with E-state index in [-0.39, 0.29) is 12.3 Å². The van der Waals surface area contributed by atoms with E-state index in [2.05, 4.69) is 49.2 Å². The zero-order chi connectivity index (χ0) is 16.7. The van der Waals surface area contributed by atoms with Gasteiger partial charge < -0.3 is 9.47 Å². The minimum atomic E-state index is -0.0272. The lowest BCUT2D eigenvalue weighted by Gasteiger charge is -2.39. The lowest BCUT2D eigenvalue weighted by atomic mass is 9.95. The zero-order valence-corrected chi connectivity index (χ0v) is 14.3. The fraction of sp³-hybridized carbons (Fsp3) is 0.350. The number of fused-ring (bicyclic) bond motifs is 3. The van der Waals surface area contributed by atoms with Gasteiger partial charge >= 0.3 is 0 Å². The fourth-order valence-corrected chi connectivity index (χ4v) is 3.46. The van der Waals surface area contributed by atoms with Gasteiger partial charge in [-0.1, -0.05) is 32.0 Å². The van der Waals surface area contributed by atoms with Gasteiger partial charge in [0.05, 0.1) is 18.9 Å². The molecule has 124 valence electrons. The number of ether oxygens (including phenoxy) is 2. The molecule has 0 unspecified atom stereocenters. The molecule has 2 aliphatic heterocycles. The van der Waals surface area contributed by atoms with E-state index in [9.17, 15) is 0 Å². The normalized spacial score (nSPS) is 21.8. The molecule has 4 heteroatoms. The van der Waals surface area contributed by atoms with Gasteiger partial charge in [-0.05, 0) is 35.9 Å². The molecule has 0 spiro atoms. The minimum absolute atomic E-state index is 0.0272. The Kier molecular flexibility index (Phi) is 3.68. The highest BCUT2D eigenvalue weighted by Gasteiger charge is 2.41. The Morgan fingerprint density at radius 3 is 2.58 bits per heavy atom. The Labute approximate surface area is 142 Å². The molecule has 2 atom stereocenters. The van der Waals surface area contributed by atoms with Gasteiger partial charge in [-0.2, -0.15) is 5.10 Å². The van der Waals surface area contributed by atoms with Gasteiger partial charge in [-0.15, -0.1) is 0 Å². The second-order valence-electron chi connectivity index (χ2n) is 6.67. The molecular weight excluding hydrogens is 300 g/mol. The first-order chi connectivity index (χ1) is 11.7. The third kappa shape index (κ3) is 2.42. The number of para-hydroxylation sites is 1. The van der Waals surface area contributed by atoms with E-state index in [0.717, 1.165) is 29.2 Å². The van der Waals surface area contributed by atoms with Crippen molar-refractivity contribution in [3.05, 3.63) is 59.7 Å². The van der Waals surface area contributed by atoms with Crippen molar-refractivity contribution in [3.63, 3.8) is 0 Å². The molecule has 2 aliphatic rings. The van der Waals surface area contributed by atoms with Gasteiger partial charge in [0.15, 0.2) is 6.23 Å². The van der Waals surface area contributed by atoms with E-state index in [4.69, 9.17) is 14.6 Å². The van der Waals surface area contributed by atoms with Gasteiger partial charge in [0.25, 0.3) is 0 Å². The number of hydrogen-bond acceptors (Lipinski definition) is 4. The predicted octanol–water partition coefficient (Wildman–Crippen LogP) is 4.22. The van der Waals surface area contributed by atoms with Gasteiger partial charge in [-0.3, -0.25) is 0 Å². The summed E-state index contributed by atoms with van der Waals surface area (Å²) in [4.78, 5) is 0. The van der Waals surface area contributed by atoms with Crippen LogP contribution in [-0.2, 0) is 0 Å². The summed E-state index contributed by atoms with van der Waals surface area (Å²) in [6.07, 6.45) is 0.872. The van der Waals surface area contributed by atoms with Crippen molar-refractivity contribution < 1.29 is 9.47 Å². The Morgan fingerprint density at radius 2 is 1.88 bits per heavy atom. The molecule has 0 amide bonds. The molecule has 4 nitrogen and oxygen atoms in total. The molecule has 24 heavy (non-hydrogen) atoms. The molecule has 2 aromatic rings. The van der Waals surface area contributed by atoms with E-state index in [1.54, 1.807) is 7.11 Å². The van der Waals surface area contributed by atoms with Crippen molar-refractivity contribution in [2.24, 2.45) is 11.0 Å². The number of hydrazone groups is 1. The summed E-state index contributed by atoms with van der Waals surface area (Å²) in [5, 5.41) is 7.07. The first kappa shape index (κ1) is 15.1. The number of methoxy groups -OCH3 is 1. The monoisotopic (exact) mass is 322 g/mol. The molecule has 0 N–H and O–H groups in total. The predicted molar refractivity (Wildman–Crippen MR) is 94.4 cm³/mol. The lowest BCUT2D eigenvalue weighted by molar-refractivity contribution is -0.0461. The van der Waals surface area contributed by atoms with Crippen LogP contribution in [-0.4, -0.2) is 24.1 Å². The van der Waals surface area contributed by atoms with Crippen LogP contribution in [0.1, 0.15) is 37.4 Å². The highest BCUT2D eigenvalue weighted by Crippen LogP contribution is 2.44. The van der Waals surface area contributed by atoms with Crippen LogP contribution in [0.25, 0.3) is 0 Å². The molecule has 0 saturated heterocycles. The van der Waals surface area contributed by atoms with Crippen LogP contribution in [0.2, 0.25) is 0 Å². The second-order valence-corrected chi connectivity index (χ2v) is 6.67. The lowest BCUT2D eigenvalue weighted by Crippen LogP contribution is -2.43. The van der Waals surface area contributed by atoms with Crippen LogP contribution in [0, 0.1) is 5.92 Å². The molecule has 0 radical (unpaired) electrons. The zero-order valence-electron chi connectivity index (χ0n) is 14.3. The fourth-order valence-electron chi connectivity index (χ4n) is 3.46. The third-order valence-electron chi connectivity index (χ3n) is 4.72. The summed E-state index contributed by atoms with van der Waals surface area (Å²) in [7, 11) is 1.68. The molecule has 0 aromatic heterocycles. The van der Waals surface area contributed by atoms with Gasteiger partial charge in [-0.25, -0.2) is 5.01 Å². The molecular formula is C20H22N2O2. The summed E-state index contributed by atoms with van der Waals surface area (Å²) in [6, 6.07) is 16.7. The average Bonchev–Trinajstić information content (AvgIpc) is 3.06. The molecule has 2 heterocycles. The molecule has 0 bridgehead atoms. The largest absolute Gasteiger partial charge is 0.497 e. The van der Waals surface area contributed by atoms with Crippen LogP contribution < -0.4 is 9.47 Å². The van der Waals surface area contributed by atoms with Crippen molar-refractivity contribution in [2.45, 2.75) is 32.5 Å². The maximum absolute atomic E-state index is 6.23. The van der Waals surface area contributed by atoms with Gasteiger partial charge in [0.1, 0.15) is 11.5 Å². The Bertz CT molecular complexity index is 767. The number of benzene rings is 2. The maximum atomic E-state index is 6.23. The quantitative estimate of drug-likeness (QED) is 0.848. The molecule has 0 saturated carbocycles. The minimum Gasteiger partial charge on any atom is -0.497 e. The summed E-state index contributed by atoms with van der Waals surface area (Å²) in [6.45, 7) is 4.35. The van der Waals surface area contributed by atoms with Crippen molar-refractivity contribution in [1.29, 1.82) is 0 Å². The Balaban J connectivity index is 1.70. The number of rotatable bonds is 3. The van der Waals surface area contributed by atoms with Gasteiger partial charge in [0, 0.05) is 17.9 Å². The molecule has 0 fully saturated rings. The Hall–Kier alpha value is -2.49. The first-order valence-electron chi connectivity index (χ1n) is 8.43. The SMILES string of the molecule is COc1ccc(C2=NN3[C@H](C2)c2ccccc2O[C@@H]3C(C)C)cc1. The molecule has 2 aromatic carbocycles. The summed E-state index contributed by atoms with van der Waals surface area (Å²) >= 11 is 0. The van der Waals surface area contributed by atoms with Crippen molar-refractivity contribution in [3.8, 4) is 11.5 Å². The standard InChI is InChI=1S/C20H22N2O2/c1-13(2)20-22-18(16-6-4-5-7-19(16)24-20)12-17(21-22)14-8-10-15(23-3)11-9-14/h4-11,13,18,20H,12H2,1-3H3/t18-,20-/m1/s1. The average molecular weight is 322 g/mol. The van der Waals surface area contributed by atoms with Crippen LogP contribution in [0.15, 0.2) is 53.6 Å². The van der Waals surface area contributed by atoms with Gasteiger partial charge in [0.2, 0.25) is 0 Å². The van der Waals surface area contributed by atoms with Crippen molar-refractivity contribution in [2.75, 3.05) is 7.11 Å². The van der Waals surface area contributed by atoms with Crippen molar-refractivity contribution >= 4 is 5.71 Å². The summed E-state index contributed by atoms with van der Waals surface area (Å²) in [5.74, 6) is 2.22. The topological polar surface area (TPSA) is 34.1 Å². The van der Waals surface area contributed by atoms with E-state index >= 15 is 0 Å². The highest BCUT2D eigenvalue weighted by atomic mass is 16.5. The van der Waals surface area contributed by atoms with Crippen molar-refractivity contribution in [1.82, 2.24) is 5.01 Å². The smallest absolute Gasteiger partial charge is 0.190 e. The first-order valence-corrected chi connectivity index (χ1v) is 8.43. The van der Waals surface area contributed by atoms with Crippen LogP contribution in [0.4, 0.5) is 0 Å². The summed E-state index contributed by atoms with van der Waals surface area (Å²) in [5.41, 5.74) is 3.47.